The molecule has 2 aromatic rings. The summed E-state index contributed by atoms with van der Waals surface area (Å²) in [6.45, 7) is 4.87. The summed E-state index contributed by atoms with van der Waals surface area (Å²) in [5.74, 6) is 0.540. The second-order valence-corrected chi connectivity index (χ2v) is 8.84. The minimum Gasteiger partial charge on any atom is -0.355 e. The molecule has 3 rings (SSSR count). The molecule has 9 heteroatoms. The van der Waals surface area contributed by atoms with E-state index in [1.54, 1.807) is 30.0 Å². The highest BCUT2D eigenvalue weighted by Gasteiger charge is 2.32. The van der Waals surface area contributed by atoms with Gasteiger partial charge in [-0.25, -0.2) is 13.1 Å². The number of rotatable bonds is 6. The summed E-state index contributed by atoms with van der Waals surface area (Å²) in [6.07, 6.45) is 1.06. The summed E-state index contributed by atoms with van der Waals surface area (Å²) in [6, 6.07) is 4.61. The topological polar surface area (TPSA) is 92.5 Å². The Morgan fingerprint density at radius 2 is 2.25 bits per heavy atom. The van der Waals surface area contributed by atoms with Gasteiger partial charge in [0.2, 0.25) is 15.9 Å². The van der Waals surface area contributed by atoms with Crippen molar-refractivity contribution < 1.29 is 17.7 Å². The van der Waals surface area contributed by atoms with E-state index in [1.165, 1.54) is 0 Å². The Morgan fingerprint density at radius 3 is 2.92 bits per heavy atom. The fourth-order valence-corrected chi connectivity index (χ4v) is 5.19. The number of nitrogens with zero attached hydrogens (tertiary/aromatic N) is 2. The summed E-state index contributed by atoms with van der Waals surface area (Å²) in [5, 5.41) is 3.81. The number of thiophene rings is 1. The molecule has 0 aliphatic carbocycles. The van der Waals surface area contributed by atoms with Crippen molar-refractivity contribution in [3.8, 4) is 10.6 Å². The Labute approximate surface area is 144 Å². The standard InChI is InChI=1S/C15H19N3O4S2/c1-3-6-18-9-11(8-14(18)19)17-24(20,21)15-5-4-13(23-15)12-7-10(2)16-22-12/h4-5,7,11,17H,3,6,8-9H2,1-2H3/t11-/m1/s1. The third-order valence-corrected chi connectivity index (χ3v) is 6.86. The first-order chi connectivity index (χ1) is 11.4. The van der Waals surface area contributed by atoms with E-state index in [-0.39, 0.29) is 22.6 Å². The van der Waals surface area contributed by atoms with Crippen LogP contribution in [0.5, 0.6) is 0 Å². The molecule has 1 atom stereocenters. The van der Waals surface area contributed by atoms with E-state index in [4.69, 9.17) is 4.52 Å². The molecule has 24 heavy (non-hydrogen) atoms. The normalized spacial score (nSPS) is 18.5. The van der Waals surface area contributed by atoms with Gasteiger partial charge in [0.15, 0.2) is 5.76 Å². The van der Waals surface area contributed by atoms with Crippen LogP contribution in [-0.4, -0.2) is 43.5 Å². The van der Waals surface area contributed by atoms with Gasteiger partial charge in [0.25, 0.3) is 0 Å². The van der Waals surface area contributed by atoms with Crippen LogP contribution >= 0.6 is 11.3 Å². The molecule has 0 radical (unpaired) electrons. The quantitative estimate of drug-likeness (QED) is 0.841. The van der Waals surface area contributed by atoms with E-state index in [1.807, 2.05) is 6.92 Å². The average molecular weight is 369 g/mol. The number of hydrogen-bond acceptors (Lipinski definition) is 6. The fourth-order valence-electron chi connectivity index (χ4n) is 2.69. The predicted molar refractivity (Wildman–Crippen MR) is 90.2 cm³/mol. The van der Waals surface area contributed by atoms with Crippen LogP contribution in [0.1, 0.15) is 25.5 Å². The van der Waals surface area contributed by atoms with Crippen molar-refractivity contribution in [1.82, 2.24) is 14.8 Å². The molecule has 0 saturated carbocycles. The van der Waals surface area contributed by atoms with Gasteiger partial charge in [0, 0.05) is 31.6 Å². The second-order valence-electron chi connectivity index (χ2n) is 5.81. The summed E-state index contributed by atoms with van der Waals surface area (Å²) in [7, 11) is -3.66. The first-order valence-electron chi connectivity index (χ1n) is 7.72. The predicted octanol–water partition coefficient (Wildman–Crippen LogP) is 2.00. The van der Waals surface area contributed by atoms with Crippen LogP contribution in [0.4, 0.5) is 0 Å². The molecule has 3 heterocycles. The molecule has 1 saturated heterocycles. The molecular weight excluding hydrogens is 350 g/mol. The highest BCUT2D eigenvalue weighted by Crippen LogP contribution is 2.31. The maximum absolute atomic E-state index is 12.5. The minimum atomic E-state index is -3.66. The average Bonchev–Trinajstić information content (AvgIpc) is 3.20. The van der Waals surface area contributed by atoms with E-state index in [0.717, 1.165) is 23.5 Å². The number of aromatic nitrogens is 1. The van der Waals surface area contributed by atoms with Crippen LogP contribution < -0.4 is 4.72 Å². The Bertz CT molecular complexity index is 841. The second kappa shape index (κ2) is 6.66. The van der Waals surface area contributed by atoms with Gasteiger partial charge in [0.1, 0.15) is 4.21 Å². The molecular formula is C15H19N3O4S2. The van der Waals surface area contributed by atoms with E-state index in [9.17, 15) is 13.2 Å². The summed E-state index contributed by atoms with van der Waals surface area (Å²) in [4.78, 5) is 14.3. The largest absolute Gasteiger partial charge is 0.355 e. The Balaban J connectivity index is 1.72. The first kappa shape index (κ1) is 17.1. The highest BCUT2D eigenvalue weighted by atomic mass is 32.2. The molecule has 130 valence electrons. The van der Waals surface area contributed by atoms with Crippen molar-refractivity contribution in [2.24, 2.45) is 0 Å². The molecule has 7 nitrogen and oxygen atoms in total. The molecule has 0 spiro atoms. The number of hydrogen-bond donors (Lipinski definition) is 1. The lowest BCUT2D eigenvalue weighted by atomic mass is 10.3. The van der Waals surface area contributed by atoms with Crippen LogP contribution in [0.25, 0.3) is 10.6 Å². The lowest BCUT2D eigenvalue weighted by molar-refractivity contribution is -0.127. The van der Waals surface area contributed by atoms with Gasteiger partial charge >= 0.3 is 0 Å². The third kappa shape index (κ3) is 3.52. The maximum Gasteiger partial charge on any atom is 0.250 e. The van der Waals surface area contributed by atoms with Crippen molar-refractivity contribution in [2.45, 2.75) is 36.9 Å². The number of nitrogens with one attached hydrogen (secondary N) is 1. The van der Waals surface area contributed by atoms with Crippen LogP contribution in [0.2, 0.25) is 0 Å². The Kier molecular flexibility index (Phi) is 4.75. The van der Waals surface area contributed by atoms with Gasteiger partial charge < -0.3 is 9.42 Å². The first-order valence-corrected chi connectivity index (χ1v) is 10.0. The van der Waals surface area contributed by atoms with E-state index < -0.39 is 10.0 Å². The number of likely N-dealkylation sites (tertiary alicyclic amines) is 1. The Morgan fingerprint density at radius 1 is 1.46 bits per heavy atom. The van der Waals surface area contributed by atoms with Gasteiger partial charge in [0.05, 0.1) is 10.6 Å². The summed E-state index contributed by atoms with van der Waals surface area (Å²) >= 11 is 1.12. The number of aryl methyl sites for hydroxylation is 1. The maximum atomic E-state index is 12.5. The van der Waals surface area contributed by atoms with E-state index >= 15 is 0 Å². The van der Waals surface area contributed by atoms with Crippen LogP contribution in [0, 0.1) is 6.92 Å². The van der Waals surface area contributed by atoms with Gasteiger partial charge in [-0.05, 0) is 25.5 Å². The fraction of sp³-hybridized carbons (Fsp3) is 0.467. The monoisotopic (exact) mass is 369 g/mol. The zero-order chi connectivity index (χ0) is 17.3. The lowest BCUT2D eigenvalue weighted by Gasteiger charge is -2.15. The zero-order valence-electron chi connectivity index (χ0n) is 13.5. The molecule has 1 fully saturated rings. The number of sulfonamides is 1. The molecule has 1 N–H and O–H groups in total. The molecule has 1 amide bonds. The van der Waals surface area contributed by atoms with Crippen molar-refractivity contribution in [3.05, 3.63) is 23.9 Å². The lowest BCUT2D eigenvalue weighted by Crippen LogP contribution is -2.36. The van der Waals surface area contributed by atoms with E-state index in [0.29, 0.717) is 23.7 Å². The number of carbonyl (C=O) groups is 1. The van der Waals surface area contributed by atoms with Crippen molar-refractivity contribution in [1.29, 1.82) is 0 Å². The van der Waals surface area contributed by atoms with Crippen LogP contribution in [0.15, 0.2) is 26.9 Å². The summed E-state index contributed by atoms with van der Waals surface area (Å²) < 4.78 is 33.1. The molecule has 0 unspecified atom stereocenters. The Hall–Kier alpha value is -1.71. The summed E-state index contributed by atoms with van der Waals surface area (Å²) in [5.41, 5.74) is 0.737. The van der Waals surface area contributed by atoms with Gasteiger partial charge in [-0.3, -0.25) is 4.79 Å². The van der Waals surface area contributed by atoms with Crippen molar-refractivity contribution in [3.63, 3.8) is 0 Å². The highest BCUT2D eigenvalue weighted by molar-refractivity contribution is 7.91. The van der Waals surface area contributed by atoms with E-state index in [2.05, 4.69) is 9.88 Å². The van der Waals surface area contributed by atoms with Crippen LogP contribution in [-0.2, 0) is 14.8 Å². The van der Waals surface area contributed by atoms with Crippen molar-refractivity contribution in [2.75, 3.05) is 13.1 Å². The van der Waals surface area contributed by atoms with Gasteiger partial charge in [-0.15, -0.1) is 11.3 Å². The molecule has 2 aromatic heterocycles. The molecule has 1 aliphatic heterocycles. The molecule has 1 aliphatic rings. The zero-order valence-corrected chi connectivity index (χ0v) is 15.1. The smallest absolute Gasteiger partial charge is 0.250 e. The molecule has 0 aromatic carbocycles. The van der Waals surface area contributed by atoms with Gasteiger partial charge in [-0.2, -0.15) is 0 Å². The third-order valence-electron chi connectivity index (χ3n) is 3.75. The molecule has 0 bridgehead atoms. The van der Waals surface area contributed by atoms with Crippen molar-refractivity contribution >= 4 is 27.3 Å². The minimum absolute atomic E-state index is 0.00597. The van der Waals surface area contributed by atoms with Gasteiger partial charge in [-0.1, -0.05) is 12.1 Å². The number of carbonyl (C=O) groups excluding carboxylic acids is 1. The van der Waals surface area contributed by atoms with Crippen LogP contribution in [0.3, 0.4) is 0 Å². The SMILES string of the molecule is CCCN1C[C@H](NS(=O)(=O)c2ccc(-c3cc(C)no3)s2)CC1=O. The number of amides is 1.